The summed E-state index contributed by atoms with van der Waals surface area (Å²) in [6, 6.07) is 19.1. The van der Waals surface area contributed by atoms with Crippen molar-refractivity contribution in [3.8, 4) is 5.69 Å². The van der Waals surface area contributed by atoms with Gasteiger partial charge in [-0.25, -0.2) is 4.98 Å². The number of carbonyl (C=O) groups is 1. The van der Waals surface area contributed by atoms with E-state index in [1.807, 2.05) is 44.3 Å². The quantitative estimate of drug-likeness (QED) is 0.225. The van der Waals surface area contributed by atoms with E-state index in [1.54, 1.807) is 24.4 Å². The molecule has 0 aliphatic carbocycles. The highest BCUT2D eigenvalue weighted by Crippen LogP contribution is 2.34. The van der Waals surface area contributed by atoms with E-state index in [-0.39, 0.29) is 23.3 Å². The fourth-order valence-corrected chi connectivity index (χ4v) is 5.02. The molecule has 0 fully saturated rings. The Hall–Kier alpha value is -3.67. The van der Waals surface area contributed by atoms with Gasteiger partial charge in [0.05, 0.1) is 28.6 Å². The second-order valence-corrected chi connectivity index (χ2v) is 10.9. The second-order valence-electron chi connectivity index (χ2n) is 8.59. The molecule has 202 valence electrons. The number of hydrogen-bond donors (Lipinski definition) is 1. The first-order valence-electron chi connectivity index (χ1n) is 12.2. The van der Waals surface area contributed by atoms with Gasteiger partial charge in [-0.3, -0.25) is 23.9 Å². The monoisotopic (exact) mass is 610 g/mol. The fourth-order valence-electron chi connectivity index (χ4n) is 4.16. The third-order valence-corrected chi connectivity index (χ3v) is 7.24. The zero-order valence-corrected chi connectivity index (χ0v) is 23.8. The molecule has 11 heteroatoms. The number of benzene rings is 2. The molecule has 0 amide bonds. The first kappa shape index (κ1) is 28.3. The number of halogens is 1. The SMILES string of the molecule is CCOC(=O)CC[C@@H]1N=C(c2ccccn2)c2cc(Br)ccc2-n2c(C)cnc21.O=S(=O)(O)c1ccccc1. The minimum Gasteiger partial charge on any atom is -0.466 e. The zero-order chi connectivity index (χ0) is 28.0. The van der Waals surface area contributed by atoms with Crippen LogP contribution >= 0.6 is 15.9 Å². The summed E-state index contributed by atoms with van der Waals surface area (Å²) in [7, 11) is -4.00. The maximum atomic E-state index is 12.0. The van der Waals surface area contributed by atoms with Gasteiger partial charge < -0.3 is 4.74 Å². The molecule has 0 bridgehead atoms. The van der Waals surface area contributed by atoms with Crippen molar-refractivity contribution >= 4 is 37.7 Å². The van der Waals surface area contributed by atoms with Crippen LogP contribution in [0.3, 0.4) is 0 Å². The van der Waals surface area contributed by atoms with E-state index in [4.69, 9.17) is 14.3 Å². The topological polar surface area (TPSA) is 124 Å². The van der Waals surface area contributed by atoms with E-state index in [9.17, 15) is 13.2 Å². The minimum atomic E-state index is -4.00. The Morgan fingerprint density at radius 3 is 2.46 bits per heavy atom. The number of aryl methyl sites for hydroxylation is 1. The smallest absolute Gasteiger partial charge is 0.305 e. The van der Waals surface area contributed by atoms with Crippen molar-refractivity contribution in [1.82, 2.24) is 14.5 Å². The van der Waals surface area contributed by atoms with Crippen LogP contribution < -0.4 is 0 Å². The molecule has 1 N–H and O–H groups in total. The number of imidazole rings is 1. The predicted octanol–water partition coefficient (Wildman–Crippen LogP) is 5.51. The van der Waals surface area contributed by atoms with Gasteiger partial charge in [-0.1, -0.05) is 40.2 Å². The van der Waals surface area contributed by atoms with Crippen LogP contribution in [-0.2, 0) is 19.6 Å². The van der Waals surface area contributed by atoms with Crippen LogP contribution in [0.1, 0.15) is 48.6 Å². The van der Waals surface area contributed by atoms with Crippen molar-refractivity contribution in [2.45, 2.75) is 37.6 Å². The van der Waals surface area contributed by atoms with Crippen LogP contribution in [0, 0.1) is 6.92 Å². The van der Waals surface area contributed by atoms with Crippen molar-refractivity contribution in [2.75, 3.05) is 6.61 Å². The second kappa shape index (κ2) is 12.5. The van der Waals surface area contributed by atoms with Gasteiger partial charge in [0.25, 0.3) is 10.1 Å². The third kappa shape index (κ3) is 6.86. The van der Waals surface area contributed by atoms with Crippen LogP contribution in [0.2, 0.25) is 0 Å². The average molecular weight is 612 g/mol. The zero-order valence-electron chi connectivity index (χ0n) is 21.4. The molecule has 2 aromatic heterocycles. The summed E-state index contributed by atoms with van der Waals surface area (Å²) in [5, 5.41) is 0. The first-order valence-corrected chi connectivity index (χ1v) is 14.4. The number of aliphatic imine (C=N–C) groups is 1. The number of pyridine rings is 1. The van der Waals surface area contributed by atoms with E-state index in [2.05, 4.69) is 42.6 Å². The molecule has 3 heterocycles. The van der Waals surface area contributed by atoms with Crippen LogP contribution in [0.5, 0.6) is 0 Å². The van der Waals surface area contributed by atoms with Crippen molar-refractivity contribution in [1.29, 1.82) is 0 Å². The molecule has 4 aromatic rings. The Morgan fingerprint density at radius 1 is 1.08 bits per heavy atom. The molecular formula is C28H27BrN4O5S. The van der Waals surface area contributed by atoms with E-state index in [1.165, 1.54) is 12.1 Å². The van der Waals surface area contributed by atoms with Crippen LogP contribution in [-0.4, -0.2) is 45.8 Å². The molecule has 0 radical (unpaired) electrons. The average Bonchev–Trinajstić information content (AvgIpc) is 3.24. The largest absolute Gasteiger partial charge is 0.466 e. The number of nitrogens with zero attached hydrogens (tertiary/aromatic N) is 4. The Labute approximate surface area is 235 Å². The molecule has 9 nitrogen and oxygen atoms in total. The number of carbonyl (C=O) groups excluding carboxylic acids is 1. The summed E-state index contributed by atoms with van der Waals surface area (Å²) in [4.78, 5) is 26.1. The Kier molecular flexibility index (Phi) is 9.05. The van der Waals surface area contributed by atoms with Crippen LogP contribution in [0.25, 0.3) is 5.69 Å². The van der Waals surface area contributed by atoms with E-state index in [0.717, 1.165) is 38.6 Å². The fraction of sp³-hybridized carbons (Fsp3) is 0.214. The van der Waals surface area contributed by atoms with Gasteiger partial charge in [-0.2, -0.15) is 8.42 Å². The number of hydrogen-bond acceptors (Lipinski definition) is 7. The normalized spacial score (nSPS) is 14.2. The highest BCUT2D eigenvalue weighted by Gasteiger charge is 2.28. The maximum Gasteiger partial charge on any atom is 0.305 e. The van der Waals surface area contributed by atoms with Crippen LogP contribution in [0.15, 0.2) is 93.5 Å². The number of aromatic nitrogens is 3. The van der Waals surface area contributed by atoms with Gasteiger partial charge in [-0.05, 0) is 62.7 Å². The van der Waals surface area contributed by atoms with Gasteiger partial charge in [0.1, 0.15) is 11.9 Å². The Bertz CT molecular complexity index is 1590. The van der Waals surface area contributed by atoms with E-state index < -0.39 is 10.1 Å². The Balaban J connectivity index is 0.000000298. The summed E-state index contributed by atoms with van der Waals surface area (Å²) in [6.45, 7) is 4.21. The highest BCUT2D eigenvalue weighted by atomic mass is 79.9. The highest BCUT2D eigenvalue weighted by molar-refractivity contribution is 9.10. The van der Waals surface area contributed by atoms with Crippen molar-refractivity contribution in [3.05, 3.63) is 106 Å². The standard InChI is InChI=1S/C22H21BrN4O2.C6H6O3S/c1-3-29-20(28)10-8-18-22-25-13-14(2)27(22)19-9-7-15(23)12-16(19)21(26-18)17-6-4-5-11-24-17;7-10(8,9)6-4-2-1-3-5-6/h4-7,9,11-13,18H,3,8,10H2,1-2H3;1-5H,(H,7,8,9)/t18-;/m0./s1. The minimum absolute atomic E-state index is 0.0741. The van der Waals surface area contributed by atoms with Gasteiger partial charge in [-0.15, -0.1) is 0 Å². The van der Waals surface area contributed by atoms with Gasteiger partial charge >= 0.3 is 5.97 Å². The first-order chi connectivity index (χ1) is 18.7. The maximum absolute atomic E-state index is 12.0. The molecule has 0 saturated heterocycles. The molecule has 0 unspecified atom stereocenters. The Morgan fingerprint density at radius 2 is 1.82 bits per heavy atom. The van der Waals surface area contributed by atoms with Crippen molar-refractivity contribution in [3.63, 3.8) is 0 Å². The molecule has 5 rings (SSSR count). The molecular weight excluding hydrogens is 584 g/mol. The lowest BCUT2D eigenvalue weighted by Gasteiger charge is -2.14. The summed E-state index contributed by atoms with van der Waals surface area (Å²) in [5.41, 5.74) is 4.57. The molecule has 0 spiro atoms. The lowest BCUT2D eigenvalue weighted by Crippen LogP contribution is -2.10. The lowest BCUT2D eigenvalue weighted by molar-refractivity contribution is -0.143. The van der Waals surface area contributed by atoms with E-state index in [0.29, 0.717) is 13.0 Å². The summed E-state index contributed by atoms with van der Waals surface area (Å²) in [6.07, 6.45) is 4.40. The lowest BCUT2D eigenvalue weighted by atomic mass is 10.0. The number of fused-ring (bicyclic) bond motifs is 3. The molecule has 1 aliphatic rings. The number of esters is 1. The molecule has 1 atom stereocenters. The van der Waals surface area contributed by atoms with Gasteiger partial charge in [0, 0.05) is 34.5 Å². The van der Waals surface area contributed by atoms with Crippen LogP contribution in [0.4, 0.5) is 0 Å². The molecule has 2 aromatic carbocycles. The molecule has 39 heavy (non-hydrogen) atoms. The third-order valence-electron chi connectivity index (χ3n) is 5.88. The summed E-state index contributed by atoms with van der Waals surface area (Å²) < 4.78 is 37.4. The van der Waals surface area contributed by atoms with Crippen molar-refractivity contribution < 1.29 is 22.5 Å². The molecule has 0 saturated carbocycles. The van der Waals surface area contributed by atoms with Crippen molar-refractivity contribution in [2.24, 2.45) is 4.99 Å². The predicted molar refractivity (Wildman–Crippen MR) is 151 cm³/mol. The number of rotatable bonds is 6. The molecule has 1 aliphatic heterocycles. The summed E-state index contributed by atoms with van der Waals surface area (Å²) >= 11 is 3.59. The van der Waals surface area contributed by atoms with Gasteiger partial charge in [0.15, 0.2) is 0 Å². The summed E-state index contributed by atoms with van der Waals surface area (Å²) in [5.74, 6) is 0.600. The number of ether oxygens (including phenoxy) is 1. The van der Waals surface area contributed by atoms with Gasteiger partial charge in [0.2, 0.25) is 0 Å². The van der Waals surface area contributed by atoms with E-state index >= 15 is 0 Å².